The predicted octanol–water partition coefficient (Wildman–Crippen LogP) is 5.71. The Balaban J connectivity index is 1.87. The fraction of sp³-hybridized carbons (Fsp3) is 0.480. The molecule has 1 aliphatic heterocycles. The van der Waals surface area contributed by atoms with Crippen molar-refractivity contribution in [1.82, 2.24) is 4.90 Å². The molecular weight excluding hydrogens is 513 g/mol. The Morgan fingerprint density at radius 3 is 2.46 bits per heavy atom. The standard InChI is InChI=1S/C25H31Cl2NO6S/c1-25(2,3)14-24(29)28(16-18-6-5-11-33-18)15-17-7-10-22(32-4)23(12-17)34-35(30,31)19-8-9-20(26)21(27)13-19/h7-10,12-13,18H,5-6,11,14-16H2,1-4H3. The van der Waals surface area contributed by atoms with Gasteiger partial charge in [0.25, 0.3) is 0 Å². The molecule has 0 aliphatic carbocycles. The van der Waals surface area contributed by atoms with Gasteiger partial charge in [0.1, 0.15) is 4.90 Å². The van der Waals surface area contributed by atoms with Crippen molar-refractivity contribution in [1.29, 1.82) is 0 Å². The third kappa shape index (κ3) is 7.74. The maximum Gasteiger partial charge on any atom is 0.339 e. The Morgan fingerprint density at radius 2 is 1.86 bits per heavy atom. The van der Waals surface area contributed by atoms with Crippen LogP contribution in [0.5, 0.6) is 11.5 Å². The minimum absolute atomic E-state index is 0.00899. The first kappa shape index (κ1) is 27.6. The van der Waals surface area contributed by atoms with Gasteiger partial charge in [0.15, 0.2) is 11.5 Å². The second-order valence-electron chi connectivity index (χ2n) is 9.75. The molecule has 1 saturated heterocycles. The predicted molar refractivity (Wildman–Crippen MR) is 136 cm³/mol. The van der Waals surface area contributed by atoms with E-state index in [1.165, 1.54) is 25.3 Å². The summed E-state index contributed by atoms with van der Waals surface area (Å²) in [5.41, 5.74) is 0.527. The summed E-state index contributed by atoms with van der Waals surface area (Å²) in [5.74, 6) is 0.259. The molecular formula is C25H31Cl2NO6S. The fourth-order valence-corrected chi connectivity index (χ4v) is 5.08. The van der Waals surface area contributed by atoms with Crippen molar-refractivity contribution < 1.29 is 26.9 Å². The first-order valence-electron chi connectivity index (χ1n) is 11.3. The van der Waals surface area contributed by atoms with Crippen molar-refractivity contribution in [2.24, 2.45) is 5.41 Å². The van der Waals surface area contributed by atoms with Crippen molar-refractivity contribution in [2.45, 2.75) is 57.6 Å². The van der Waals surface area contributed by atoms with Gasteiger partial charge >= 0.3 is 10.1 Å². The largest absolute Gasteiger partial charge is 0.493 e. The van der Waals surface area contributed by atoms with Gasteiger partial charge in [-0.05, 0) is 54.2 Å². The fourth-order valence-electron chi connectivity index (χ4n) is 3.76. The molecule has 1 fully saturated rings. The van der Waals surface area contributed by atoms with Gasteiger partial charge in [-0.15, -0.1) is 0 Å². The molecule has 2 aromatic rings. The highest BCUT2D eigenvalue weighted by molar-refractivity contribution is 7.87. The molecule has 1 atom stereocenters. The molecule has 0 N–H and O–H groups in total. The van der Waals surface area contributed by atoms with E-state index in [1.54, 1.807) is 23.1 Å². The first-order valence-corrected chi connectivity index (χ1v) is 13.5. The molecule has 1 heterocycles. The number of carbonyl (C=O) groups excluding carboxylic acids is 1. The zero-order valence-electron chi connectivity index (χ0n) is 20.3. The SMILES string of the molecule is COc1ccc(CN(CC2CCCO2)C(=O)CC(C)(C)C)cc1OS(=O)(=O)c1ccc(Cl)c(Cl)c1. The first-order chi connectivity index (χ1) is 16.4. The molecule has 35 heavy (non-hydrogen) atoms. The lowest BCUT2D eigenvalue weighted by Gasteiger charge is -2.29. The van der Waals surface area contributed by atoms with E-state index in [9.17, 15) is 13.2 Å². The van der Waals surface area contributed by atoms with Gasteiger partial charge in [0.2, 0.25) is 5.91 Å². The van der Waals surface area contributed by atoms with Crippen LogP contribution in [0.2, 0.25) is 10.0 Å². The summed E-state index contributed by atoms with van der Waals surface area (Å²) in [7, 11) is -2.79. The number of carbonyl (C=O) groups is 1. The molecule has 2 aromatic carbocycles. The molecule has 1 unspecified atom stereocenters. The van der Waals surface area contributed by atoms with Crippen LogP contribution in [0.15, 0.2) is 41.3 Å². The molecule has 0 bridgehead atoms. The van der Waals surface area contributed by atoms with Gasteiger partial charge in [-0.25, -0.2) is 0 Å². The van der Waals surface area contributed by atoms with Crippen molar-refractivity contribution in [3.63, 3.8) is 0 Å². The summed E-state index contributed by atoms with van der Waals surface area (Å²) in [6.07, 6.45) is 2.24. The van der Waals surface area contributed by atoms with Gasteiger partial charge in [0, 0.05) is 26.1 Å². The zero-order chi connectivity index (χ0) is 25.8. The van der Waals surface area contributed by atoms with Crippen molar-refractivity contribution in [2.75, 3.05) is 20.3 Å². The smallest absolute Gasteiger partial charge is 0.339 e. The number of hydrogen-bond donors (Lipinski definition) is 0. The summed E-state index contributed by atoms with van der Waals surface area (Å²) in [5, 5.41) is 0.329. The van der Waals surface area contributed by atoms with Crippen LogP contribution in [0.25, 0.3) is 0 Å². The minimum Gasteiger partial charge on any atom is -0.493 e. The van der Waals surface area contributed by atoms with Crippen LogP contribution in [0.4, 0.5) is 0 Å². The molecule has 1 amide bonds. The summed E-state index contributed by atoms with van der Waals surface area (Å²) in [6.45, 7) is 7.49. The number of rotatable bonds is 9. The van der Waals surface area contributed by atoms with E-state index in [0.29, 0.717) is 25.1 Å². The van der Waals surface area contributed by atoms with Gasteiger partial charge in [-0.3, -0.25) is 4.79 Å². The van der Waals surface area contributed by atoms with Crippen LogP contribution in [0, 0.1) is 5.41 Å². The molecule has 0 spiro atoms. The molecule has 192 valence electrons. The Bertz CT molecular complexity index is 1160. The number of halogens is 2. The van der Waals surface area contributed by atoms with Gasteiger partial charge in [-0.2, -0.15) is 8.42 Å². The molecule has 10 heteroatoms. The van der Waals surface area contributed by atoms with E-state index in [2.05, 4.69) is 0 Å². The number of hydrogen-bond acceptors (Lipinski definition) is 6. The second kappa shape index (κ2) is 11.4. The third-order valence-corrected chi connectivity index (χ3v) is 7.43. The van der Waals surface area contributed by atoms with Crippen LogP contribution in [-0.2, 0) is 26.2 Å². The van der Waals surface area contributed by atoms with Crippen molar-refractivity contribution in [3.05, 3.63) is 52.0 Å². The van der Waals surface area contributed by atoms with Crippen LogP contribution < -0.4 is 8.92 Å². The average molecular weight is 544 g/mol. The summed E-state index contributed by atoms with van der Waals surface area (Å²) in [4.78, 5) is 14.8. The lowest BCUT2D eigenvalue weighted by molar-refractivity contribution is -0.135. The number of amides is 1. The van der Waals surface area contributed by atoms with E-state index in [-0.39, 0.29) is 50.4 Å². The minimum atomic E-state index is -4.21. The van der Waals surface area contributed by atoms with Gasteiger partial charge in [0.05, 0.1) is 23.3 Å². The molecule has 3 rings (SSSR count). The monoisotopic (exact) mass is 543 g/mol. The Labute approximate surface area is 217 Å². The molecule has 0 aromatic heterocycles. The molecule has 0 saturated carbocycles. The highest BCUT2D eigenvalue weighted by Gasteiger charge is 2.27. The van der Waals surface area contributed by atoms with Crippen LogP contribution in [-0.4, -0.2) is 45.6 Å². The zero-order valence-corrected chi connectivity index (χ0v) is 22.7. The lowest BCUT2D eigenvalue weighted by atomic mass is 9.91. The maximum atomic E-state index is 13.1. The van der Waals surface area contributed by atoms with E-state index >= 15 is 0 Å². The number of nitrogens with zero attached hydrogens (tertiary/aromatic N) is 1. The number of benzene rings is 2. The summed E-state index contributed by atoms with van der Waals surface area (Å²) < 4.78 is 42.3. The normalized spacial score (nSPS) is 16.2. The Hall–Kier alpha value is -2.00. The summed E-state index contributed by atoms with van der Waals surface area (Å²) in [6, 6.07) is 8.90. The van der Waals surface area contributed by atoms with E-state index in [0.717, 1.165) is 12.8 Å². The number of ether oxygens (including phenoxy) is 2. The van der Waals surface area contributed by atoms with E-state index in [4.69, 9.17) is 36.9 Å². The van der Waals surface area contributed by atoms with Crippen molar-refractivity contribution >= 4 is 39.2 Å². The van der Waals surface area contributed by atoms with E-state index in [1.807, 2.05) is 20.8 Å². The van der Waals surface area contributed by atoms with Crippen LogP contribution >= 0.6 is 23.2 Å². The Morgan fingerprint density at radius 1 is 1.11 bits per heavy atom. The third-order valence-electron chi connectivity index (χ3n) is 5.46. The van der Waals surface area contributed by atoms with Crippen molar-refractivity contribution in [3.8, 4) is 11.5 Å². The van der Waals surface area contributed by atoms with Crippen LogP contribution in [0.1, 0.15) is 45.6 Å². The van der Waals surface area contributed by atoms with Crippen LogP contribution in [0.3, 0.4) is 0 Å². The average Bonchev–Trinajstić information content (AvgIpc) is 3.27. The maximum absolute atomic E-state index is 13.1. The molecule has 0 radical (unpaired) electrons. The quantitative estimate of drug-likeness (QED) is 0.376. The Kier molecular flexibility index (Phi) is 8.96. The topological polar surface area (TPSA) is 82.1 Å². The van der Waals surface area contributed by atoms with Gasteiger partial charge in [-0.1, -0.05) is 50.0 Å². The molecule has 7 nitrogen and oxygen atoms in total. The second-order valence-corrected chi connectivity index (χ2v) is 12.1. The number of methoxy groups -OCH3 is 1. The highest BCUT2D eigenvalue weighted by atomic mass is 35.5. The molecule has 1 aliphatic rings. The highest BCUT2D eigenvalue weighted by Crippen LogP contribution is 2.33. The summed E-state index contributed by atoms with van der Waals surface area (Å²) >= 11 is 11.9. The lowest BCUT2D eigenvalue weighted by Crippen LogP contribution is -2.38. The van der Waals surface area contributed by atoms with E-state index < -0.39 is 10.1 Å². The van der Waals surface area contributed by atoms with Gasteiger partial charge < -0.3 is 18.6 Å².